The summed E-state index contributed by atoms with van der Waals surface area (Å²) in [6.07, 6.45) is 0. The molecule has 0 amide bonds. The van der Waals surface area contributed by atoms with Gasteiger partial charge in [0.1, 0.15) is 6.54 Å². The molecule has 2 heteroatoms. The Labute approximate surface area is 53.1 Å². The van der Waals surface area contributed by atoms with E-state index in [1.54, 1.807) is 11.3 Å². The zero-order valence-corrected chi connectivity index (χ0v) is 5.79. The van der Waals surface area contributed by atoms with E-state index < -0.39 is 0 Å². The molecule has 3 N–H and O–H groups in total. The third-order valence-electron chi connectivity index (χ3n) is 1.20. The summed E-state index contributed by atoms with van der Waals surface area (Å²) in [5.74, 6) is 0. The Bertz CT molecular complexity index is 169. The molecule has 0 unspecified atom stereocenters. The second-order valence-corrected chi connectivity index (χ2v) is 2.78. The number of rotatable bonds is 1. The fraction of sp³-hybridized carbons (Fsp3) is 0.333. The number of hydrogen-bond acceptors (Lipinski definition) is 1. The van der Waals surface area contributed by atoms with Gasteiger partial charge >= 0.3 is 0 Å². The average molecular weight is 128 g/mol. The van der Waals surface area contributed by atoms with Crippen LogP contribution in [0.25, 0.3) is 0 Å². The molecular formula is C6H10NS+. The van der Waals surface area contributed by atoms with Gasteiger partial charge in [0.2, 0.25) is 0 Å². The maximum Gasteiger partial charge on any atom is 0.109 e. The second-order valence-electron chi connectivity index (χ2n) is 1.78. The molecule has 0 bridgehead atoms. The van der Waals surface area contributed by atoms with Crippen molar-refractivity contribution >= 4 is 11.3 Å². The summed E-state index contributed by atoms with van der Waals surface area (Å²) >= 11 is 1.79. The summed E-state index contributed by atoms with van der Waals surface area (Å²) in [6, 6.07) is 2.13. The van der Waals surface area contributed by atoms with E-state index in [0.29, 0.717) is 0 Å². The first-order valence-electron chi connectivity index (χ1n) is 2.67. The van der Waals surface area contributed by atoms with Gasteiger partial charge in [-0.15, -0.1) is 11.3 Å². The van der Waals surface area contributed by atoms with Crippen molar-refractivity contribution in [2.75, 3.05) is 0 Å². The summed E-state index contributed by atoms with van der Waals surface area (Å²) in [7, 11) is 0. The normalized spacial score (nSPS) is 9.75. The largest absolute Gasteiger partial charge is 0.353 e. The molecule has 1 nitrogen and oxygen atoms in total. The molecule has 0 aliphatic heterocycles. The van der Waals surface area contributed by atoms with Crippen molar-refractivity contribution in [3.8, 4) is 0 Å². The van der Waals surface area contributed by atoms with Crippen LogP contribution in [0.4, 0.5) is 0 Å². The van der Waals surface area contributed by atoms with Gasteiger partial charge in [-0.1, -0.05) is 0 Å². The summed E-state index contributed by atoms with van der Waals surface area (Å²) in [5, 5.41) is 2.11. The molecular weight excluding hydrogens is 118 g/mol. The van der Waals surface area contributed by atoms with Gasteiger partial charge in [0, 0.05) is 0 Å². The van der Waals surface area contributed by atoms with Crippen molar-refractivity contribution in [3.63, 3.8) is 0 Å². The van der Waals surface area contributed by atoms with Crippen LogP contribution in [0.2, 0.25) is 0 Å². The zero-order chi connectivity index (χ0) is 5.98. The van der Waals surface area contributed by atoms with Crippen molar-refractivity contribution in [2.24, 2.45) is 0 Å². The fourth-order valence-electron chi connectivity index (χ4n) is 0.660. The van der Waals surface area contributed by atoms with Crippen LogP contribution in [0.1, 0.15) is 10.4 Å². The van der Waals surface area contributed by atoms with Gasteiger partial charge in [0.15, 0.2) is 0 Å². The van der Waals surface area contributed by atoms with Crippen LogP contribution in [0, 0.1) is 6.92 Å². The van der Waals surface area contributed by atoms with Gasteiger partial charge in [-0.25, -0.2) is 0 Å². The quantitative estimate of drug-likeness (QED) is 0.579. The number of quaternary nitrogens is 1. The van der Waals surface area contributed by atoms with Gasteiger partial charge in [-0.05, 0) is 23.9 Å². The molecule has 0 aliphatic rings. The van der Waals surface area contributed by atoms with E-state index in [-0.39, 0.29) is 0 Å². The van der Waals surface area contributed by atoms with Crippen LogP contribution in [0.15, 0.2) is 11.4 Å². The molecule has 0 aliphatic carbocycles. The first kappa shape index (κ1) is 5.79. The van der Waals surface area contributed by atoms with Crippen LogP contribution in [0.3, 0.4) is 0 Å². The minimum Gasteiger partial charge on any atom is -0.353 e. The Morgan fingerprint density at radius 2 is 2.50 bits per heavy atom. The third kappa shape index (κ3) is 0.904. The van der Waals surface area contributed by atoms with E-state index in [0.717, 1.165) is 6.54 Å². The highest BCUT2D eigenvalue weighted by Crippen LogP contribution is 2.12. The number of thiophene rings is 1. The maximum atomic E-state index is 3.80. The smallest absolute Gasteiger partial charge is 0.109 e. The Hall–Kier alpha value is -0.340. The highest BCUT2D eigenvalue weighted by Gasteiger charge is 1.95. The molecule has 0 fully saturated rings. The average Bonchev–Trinajstić information content (AvgIpc) is 2.14. The first-order chi connectivity index (χ1) is 3.84. The van der Waals surface area contributed by atoms with E-state index in [9.17, 15) is 0 Å². The topological polar surface area (TPSA) is 27.6 Å². The minimum atomic E-state index is 0.934. The van der Waals surface area contributed by atoms with Crippen LogP contribution in [-0.4, -0.2) is 0 Å². The van der Waals surface area contributed by atoms with Gasteiger partial charge in [-0.2, -0.15) is 0 Å². The number of hydrogen-bond donors (Lipinski definition) is 1. The zero-order valence-electron chi connectivity index (χ0n) is 4.98. The predicted octanol–water partition coefficient (Wildman–Crippen LogP) is 0.798. The molecule has 1 rings (SSSR count). The Morgan fingerprint density at radius 3 is 2.75 bits per heavy atom. The van der Waals surface area contributed by atoms with E-state index in [1.807, 2.05) is 0 Å². The highest BCUT2D eigenvalue weighted by molar-refractivity contribution is 7.10. The molecule has 0 spiro atoms. The SMILES string of the molecule is Cc1ccsc1C[NH3+]. The van der Waals surface area contributed by atoms with E-state index >= 15 is 0 Å². The van der Waals surface area contributed by atoms with Crippen molar-refractivity contribution in [1.29, 1.82) is 0 Å². The van der Waals surface area contributed by atoms with Crippen LogP contribution < -0.4 is 5.73 Å². The molecule has 0 saturated heterocycles. The summed E-state index contributed by atoms with van der Waals surface area (Å²) in [4.78, 5) is 1.41. The third-order valence-corrected chi connectivity index (χ3v) is 2.28. The Kier molecular flexibility index (Phi) is 1.65. The molecule has 1 heterocycles. The van der Waals surface area contributed by atoms with Gasteiger partial charge in [0.25, 0.3) is 0 Å². The minimum absolute atomic E-state index is 0.934. The Balaban J connectivity index is 2.92. The van der Waals surface area contributed by atoms with Crippen molar-refractivity contribution < 1.29 is 5.73 Å². The van der Waals surface area contributed by atoms with Gasteiger partial charge in [0.05, 0.1) is 4.88 Å². The Morgan fingerprint density at radius 1 is 1.75 bits per heavy atom. The van der Waals surface area contributed by atoms with E-state index in [1.165, 1.54) is 10.4 Å². The summed E-state index contributed by atoms with van der Waals surface area (Å²) in [6.45, 7) is 3.06. The number of aryl methyl sites for hydroxylation is 1. The molecule has 44 valence electrons. The van der Waals surface area contributed by atoms with Crippen LogP contribution >= 0.6 is 11.3 Å². The lowest BCUT2D eigenvalue weighted by Gasteiger charge is -1.85. The molecule has 1 aromatic heterocycles. The van der Waals surface area contributed by atoms with Crippen molar-refractivity contribution in [1.82, 2.24) is 0 Å². The first-order valence-corrected chi connectivity index (χ1v) is 3.55. The maximum absolute atomic E-state index is 3.80. The fourth-order valence-corrected chi connectivity index (χ4v) is 1.47. The van der Waals surface area contributed by atoms with Crippen molar-refractivity contribution in [2.45, 2.75) is 13.5 Å². The highest BCUT2D eigenvalue weighted by atomic mass is 32.1. The van der Waals surface area contributed by atoms with Gasteiger partial charge < -0.3 is 5.73 Å². The van der Waals surface area contributed by atoms with Crippen LogP contribution in [0.5, 0.6) is 0 Å². The summed E-state index contributed by atoms with van der Waals surface area (Å²) in [5.41, 5.74) is 5.18. The second kappa shape index (κ2) is 2.29. The standard InChI is InChI=1S/C6H9NS/c1-5-2-3-8-6(5)4-7/h2-3H,4,7H2,1H3/p+1. The van der Waals surface area contributed by atoms with E-state index in [2.05, 4.69) is 24.1 Å². The van der Waals surface area contributed by atoms with Crippen molar-refractivity contribution in [3.05, 3.63) is 21.9 Å². The lowest BCUT2D eigenvalue weighted by Crippen LogP contribution is -2.47. The monoisotopic (exact) mass is 128 g/mol. The van der Waals surface area contributed by atoms with Gasteiger partial charge in [-0.3, -0.25) is 0 Å². The lowest BCUT2D eigenvalue weighted by atomic mass is 10.3. The molecule has 0 atom stereocenters. The lowest BCUT2D eigenvalue weighted by molar-refractivity contribution is -0.385. The molecule has 8 heavy (non-hydrogen) atoms. The molecule has 1 aromatic rings. The predicted molar refractivity (Wildman–Crippen MR) is 35.6 cm³/mol. The summed E-state index contributed by atoms with van der Waals surface area (Å²) < 4.78 is 0. The van der Waals surface area contributed by atoms with Crippen LogP contribution in [-0.2, 0) is 6.54 Å². The molecule has 0 radical (unpaired) electrons. The molecule has 0 saturated carbocycles. The molecule has 0 aromatic carbocycles. The van der Waals surface area contributed by atoms with E-state index in [4.69, 9.17) is 0 Å².